The van der Waals surface area contributed by atoms with Crippen molar-refractivity contribution in [2.45, 2.75) is 64.8 Å². The van der Waals surface area contributed by atoms with Crippen LogP contribution in [0.25, 0.3) is 10.8 Å². The Balaban J connectivity index is 1.42. The molecule has 4 N–H and O–H groups in total. The maximum absolute atomic E-state index is 13.8. The summed E-state index contributed by atoms with van der Waals surface area (Å²) in [6, 6.07) is 18.6. The SMILES string of the molecule is CC(C)(C)C(=O)N1CCCC1C(=O)NC(Cc1ccc2ccccc2c1)C(=O)NCC(O)CNCc1ccccc1F. The van der Waals surface area contributed by atoms with Gasteiger partial charge in [0.25, 0.3) is 0 Å². The number of halogens is 1. The normalized spacial score (nSPS) is 16.7. The van der Waals surface area contributed by atoms with Crippen molar-refractivity contribution < 1.29 is 23.9 Å². The molecule has 3 atom stereocenters. The van der Waals surface area contributed by atoms with Gasteiger partial charge in [-0.05, 0) is 35.2 Å². The van der Waals surface area contributed by atoms with Gasteiger partial charge < -0.3 is 26.0 Å². The third-order valence-electron chi connectivity index (χ3n) is 7.51. The molecule has 3 amide bonds. The van der Waals surface area contributed by atoms with E-state index in [1.165, 1.54) is 6.07 Å². The van der Waals surface area contributed by atoms with Gasteiger partial charge in [-0.15, -0.1) is 0 Å². The first-order valence-electron chi connectivity index (χ1n) is 14.5. The van der Waals surface area contributed by atoms with E-state index in [1.807, 2.05) is 63.2 Å². The second-order valence-electron chi connectivity index (χ2n) is 12.0. The van der Waals surface area contributed by atoms with Crippen LogP contribution >= 0.6 is 0 Å². The zero-order valence-electron chi connectivity index (χ0n) is 24.5. The van der Waals surface area contributed by atoms with Crippen molar-refractivity contribution in [3.05, 3.63) is 83.7 Å². The van der Waals surface area contributed by atoms with E-state index in [4.69, 9.17) is 0 Å². The fourth-order valence-corrected chi connectivity index (χ4v) is 5.22. The highest BCUT2D eigenvalue weighted by molar-refractivity contribution is 5.93. The van der Waals surface area contributed by atoms with Crippen molar-refractivity contribution in [3.63, 3.8) is 0 Å². The summed E-state index contributed by atoms with van der Waals surface area (Å²) in [6.07, 6.45) is 0.564. The molecule has 9 heteroatoms. The van der Waals surface area contributed by atoms with E-state index in [1.54, 1.807) is 23.1 Å². The predicted octanol–water partition coefficient (Wildman–Crippen LogP) is 3.31. The molecular weight excluding hydrogens is 535 g/mol. The topological polar surface area (TPSA) is 111 Å². The molecule has 1 aliphatic rings. The number of nitrogens with one attached hydrogen (secondary N) is 3. The van der Waals surface area contributed by atoms with Gasteiger partial charge in [-0.25, -0.2) is 4.39 Å². The zero-order chi connectivity index (χ0) is 30.3. The summed E-state index contributed by atoms with van der Waals surface area (Å²) in [6.45, 7) is 6.32. The van der Waals surface area contributed by atoms with E-state index in [2.05, 4.69) is 16.0 Å². The van der Waals surface area contributed by atoms with Crippen molar-refractivity contribution in [2.24, 2.45) is 5.41 Å². The predicted molar refractivity (Wildman–Crippen MR) is 161 cm³/mol. The molecule has 0 saturated carbocycles. The third-order valence-corrected chi connectivity index (χ3v) is 7.51. The maximum atomic E-state index is 13.8. The standard InChI is InChI=1S/C33H41FN4O4/c1-33(2,3)32(42)38-16-8-13-29(38)31(41)37-28(18-22-14-15-23-9-4-5-10-24(23)17-22)30(40)36-21-26(39)20-35-19-25-11-6-7-12-27(25)34/h4-7,9-12,14-15,17,26,28-29,35,39H,8,13,16,18-21H2,1-3H3,(H,36,40)(H,37,41). The van der Waals surface area contributed by atoms with Crippen LogP contribution in [0, 0.1) is 11.2 Å². The Labute approximate surface area is 246 Å². The Bertz CT molecular complexity index is 1410. The quantitative estimate of drug-likeness (QED) is 0.280. The Morgan fingerprint density at radius 3 is 2.45 bits per heavy atom. The van der Waals surface area contributed by atoms with Gasteiger partial charge in [-0.3, -0.25) is 14.4 Å². The molecule has 0 spiro atoms. The van der Waals surface area contributed by atoms with Crippen LogP contribution in [-0.2, 0) is 27.3 Å². The second-order valence-corrected chi connectivity index (χ2v) is 12.0. The average Bonchev–Trinajstić information content (AvgIpc) is 3.45. The van der Waals surface area contributed by atoms with Gasteiger partial charge in [0, 0.05) is 43.6 Å². The Kier molecular flexibility index (Phi) is 10.3. The summed E-state index contributed by atoms with van der Waals surface area (Å²) in [7, 11) is 0. The molecule has 42 heavy (non-hydrogen) atoms. The van der Waals surface area contributed by atoms with Crippen molar-refractivity contribution >= 4 is 28.5 Å². The number of benzene rings is 3. The molecule has 0 aromatic heterocycles. The number of nitrogens with zero attached hydrogens (tertiary/aromatic N) is 1. The van der Waals surface area contributed by atoms with Crippen molar-refractivity contribution in [3.8, 4) is 0 Å². The second kappa shape index (κ2) is 13.9. The van der Waals surface area contributed by atoms with Crippen LogP contribution in [0.2, 0.25) is 0 Å². The van der Waals surface area contributed by atoms with E-state index in [0.29, 0.717) is 24.9 Å². The fraction of sp³-hybridized carbons (Fsp3) is 0.424. The van der Waals surface area contributed by atoms with Gasteiger partial charge in [0.05, 0.1) is 6.10 Å². The van der Waals surface area contributed by atoms with Gasteiger partial charge in [0.1, 0.15) is 17.9 Å². The molecule has 0 aliphatic carbocycles. The van der Waals surface area contributed by atoms with E-state index in [0.717, 1.165) is 16.3 Å². The average molecular weight is 577 g/mol. The molecule has 224 valence electrons. The number of amides is 3. The molecule has 1 heterocycles. The summed E-state index contributed by atoms with van der Waals surface area (Å²) >= 11 is 0. The lowest BCUT2D eigenvalue weighted by molar-refractivity contribution is -0.145. The minimum absolute atomic E-state index is 0.0503. The number of fused-ring (bicyclic) bond motifs is 1. The van der Waals surface area contributed by atoms with Gasteiger partial charge in [-0.2, -0.15) is 0 Å². The zero-order valence-corrected chi connectivity index (χ0v) is 24.5. The Hall–Kier alpha value is -3.82. The van der Waals surface area contributed by atoms with Crippen molar-refractivity contribution in [2.75, 3.05) is 19.6 Å². The van der Waals surface area contributed by atoms with E-state index in [-0.39, 0.29) is 43.7 Å². The smallest absolute Gasteiger partial charge is 0.243 e. The molecule has 1 saturated heterocycles. The number of carbonyl (C=O) groups is 3. The molecule has 0 bridgehead atoms. The third kappa shape index (κ3) is 8.14. The first-order chi connectivity index (χ1) is 20.0. The summed E-state index contributed by atoms with van der Waals surface area (Å²) < 4.78 is 13.8. The van der Waals surface area contributed by atoms with E-state index < -0.39 is 29.5 Å². The number of hydrogen-bond donors (Lipinski definition) is 4. The van der Waals surface area contributed by atoms with Gasteiger partial charge >= 0.3 is 0 Å². The van der Waals surface area contributed by atoms with Crippen LogP contribution < -0.4 is 16.0 Å². The summed E-state index contributed by atoms with van der Waals surface area (Å²) in [4.78, 5) is 41.5. The lowest BCUT2D eigenvalue weighted by Crippen LogP contribution is -2.55. The largest absolute Gasteiger partial charge is 0.390 e. The fourth-order valence-electron chi connectivity index (χ4n) is 5.22. The first kappa shape index (κ1) is 31.1. The van der Waals surface area contributed by atoms with Crippen molar-refractivity contribution in [1.29, 1.82) is 0 Å². The Morgan fingerprint density at radius 2 is 1.71 bits per heavy atom. The molecule has 4 rings (SSSR count). The highest BCUT2D eigenvalue weighted by atomic mass is 19.1. The monoisotopic (exact) mass is 576 g/mol. The maximum Gasteiger partial charge on any atom is 0.243 e. The van der Waals surface area contributed by atoms with Crippen LogP contribution in [0.5, 0.6) is 0 Å². The summed E-state index contributed by atoms with van der Waals surface area (Å²) in [5.41, 5.74) is 0.731. The number of rotatable bonds is 11. The lowest BCUT2D eigenvalue weighted by Gasteiger charge is -2.31. The molecule has 3 aromatic rings. The number of carbonyl (C=O) groups excluding carboxylic acids is 3. The number of aliphatic hydroxyl groups excluding tert-OH is 1. The number of hydrogen-bond acceptors (Lipinski definition) is 5. The van der Waals surface area contributed by atoms with Crippen LogP contribution in [0.3, 0.4) is 0 Å². The van der Waals surface area contributed by atoms with Gasteiger partial charge in [0.2, 0.25) is 17.7 Å². The van der Waals surface area contributed by atoms with Crippen molar-refractivity contribution in [1.82, 2.24) is 20.9 Å². The van der Waals surface area contributed by atoms with Crippen LogP contribution in [0.15, 0.2) is 66.7 Å². The molecule has 0 radical (unpaired) electrons. The van der Waals surface area contributed by atoms with Crippen LogP contribution in [0.1, 0.15) is 44.7 Å². The molecule has 1 fully saturated rings. The molecule has 1 aliphatic heterocycles. The van der Waals surface area contributed by atoms with Gasteiger partial charge in [-0.1, -0.05) is 81.4 Å². The van der Waals surface area contributed by atoms with Crippen LogP contribution in [-0.4, -0.2) is 65.5 Å². The highest BCUT2D eigenvalue weighted by Gasteiger charge is 2.39. The molecular formula is C33H41FN4O4. The summed E-state index contributed by atoms with van der Waals surface area (Å²) in [5.74, 6) is -1.22. The highest BCUT2D eigenvalue weighted by Crippen LogP contribution is 2.26. The lowest BCUT2D eigenvalue weighted by atomic mass is 9.94. The van der Waals surface area contributed by atoms with E-state index >= 15 is 0 Å². The first-order valence-corrected chi connectivity index (χ1v) is 14.5. The summed E-state index contributed by atoms with van der Waals surface area (Å²) in [5, 5.41) is 21.2. The molecule has 3 aromatic carbocycles. The van der Waals surface area contributed by atoms with Crippen LogP contribution in [0.4, 0.5) is 4.39 Å². The van der Waals surface area contributed by atoms with E-state index in [9.17, 15) is 23.9 Å². The van der Waals surface area contributed by atoms with Gasteiger partial charge in [0.15, 0.2) is 0 Å². The minimum Gasteiger partial charge on any atom is -0.390 e. The molecule has 8 nitrogen and oxygen atoms in total. The number of likely N-dealkylation sites (tertiary alicyclic amines) is 1. The number of aliphatic hydroxyl groups is 1. The molecule has 3 unspecified atom stereocenters. The minimum atomic E-state index is -0.924. The Morgan fingerprint density at radius 1 is 1.00 bits per heavy atom.